The summed E-state index contributed by atoms with van der Waals surface area (Å²) in [6, 6.07) is 16.3. The van der Waals surface area contributed by atoms with Crippen molar-refractivity contribution < 1.29 is 38.1 Å². The van der Waals surface area contributed by atoms with Gasteiger partial charge in [0.1, 0.15) is 11.8 Å². The highest BCUT2D eigenvalue weighted by Gasteiger charge is 2.44. The fraction of sp³-hybridized carbons (Fsp3) is 0.241. The summed E-state index contributed by atoms with van der Waals surface area (Å²) in [4.78, 5) is 54.6. The lowest BCUT2D eigenvalue weighted by molar-refractivity contribution is -0.122. The molecule has 5 rings (SSSR count). The van der Waals surface area contributed by atoms with Crippen molar-refractivity contribution in [2.75, 3.05) is 30.7 Å². The molecule has 206 valence electrons. The Hall–Kier alpha value is -5.06. The largest absolute Gasteiger partial charge is 0.497 e. The standard InChI is InChI=1S/C29H27N3O8/c1-3-38-28(35)19-5-9-21(10-6-19)32-26(33)15-23(27(32)34)31(16-18-4-13-24-25(14-18)40-17-39-24)29(36)30-20-7-11-22(37-2)12-8-20/h4-14,23H,3,15-17H2,1-2H3,(H,30,36)/t23-/m1/s1. The number of hydrogen-bond donors (Lipinski definition) is 1. The molecule has 4 amide bonds. The number of hydrogen-bond acceptors (Lipinski definition) is 8. The average Bonchev–Trinajstić information content (AvgIpc) is 3.55. The topological polar surface area (TPSA) is 124 Å². The van der Waals surface area contributed by atoms with Crippen molar-refractivity contribution in [2.24, 2.45) is 0 Å². The van der Waals surface area contributed by atoms with Gasteiger partial charge in [0, 0.05) is 12.2 Å². The maximum absolute atomic E-state index is 13.6. The van der Waals surface area contributed by atoms with Crippen molar-refractivity contribution in [3.05, 3.63) is 77.9 Å². The Bertz CT molecular complexity index is 1440. The van der Waals surface area contributed by atoms with Crippen LogP contribution >= 0.6 is 0 Å². The predicted molar refractivity (Wildman–Crippen MR) is 143 cm³/mol. The third-order valence-electron chi connectivity index (χ3n) is 6.53. The second kappa shape index (κ2) is 11.4. The van der Waals surface area contributed by atoms with Gasteiger partial charge in [-0.1, -0.05) is 6.07 Å². The predicted octanol–water partition coefficient (Wildman–Crippen LogP) is 3.97. The fourth-order valence-electron chi connectivity index (χ4n) is 4.52. The van der Waals surface area contributed by atoms with E-state index in [0.29, 0.717) is 39.8 Å². The van der Waals surface area contributed by atoms with Crippen molar-refractivity contribution >= 4 is 35.2 Å². The van der Waals surface area contributed by atoms with Crippen molar-refractivity contribution in [2.45, 2.75) is 25.9 Å². The van der Waals surface area contributed by atoms with Crippen LogP contribution in [-0.4, -0.2) is 55.3 Å². The number of amides is 4. The second-order valence-electron chi connectivity index (χ2n) is 9.03. The van der Waals surface area contributed by atoms with E-state index in [4.69, 9.17) is 18.9 Å². The zero-order chi connectivity index (χ0) is 28.2. The Labute approximate surface area is 230 Å². The summed E-state index contributed by atoms with van der Waals surface area (Å²) in [5, 5.41) is 2.81. The first-order valence-corrected chi connectivity index (χ1v) is 12.6. The molecule has 2 aliphatic rings. The van der Waals surface area contributed by atoms with Crippen LogP contribution in [0, 0.1) is 0 Å². The van der Waals surface area contributed by atoms with Gasteiger partial charge in [-0.05, 0) is 73.2 Å². The Morgan fingerprint density at radius 2 is 1.73 bits per heavy atom. The number of esters is 1. The number of ether oxygens (including phenoxy) is 4. The van der Waals surface area contributed by atoms with Gasteiger partial charge in [0.05, 0.1) is 31.4 Å². The number of rotatable bonds is 8. The molecule has 2 aliphatic heterocycles. The molecule has 11 nitrogen and oxygen atoms in total. The minimum absolute atomic E-state index is 0.0257. The number of nitrogens with one attached hydrogen (secondary N) is 1. The first-order valence-electron chi connectivity index (χ1n) is 12.6. The van der Waals surface area contributed by atoms with Crippen LogP contribution in [0.4, 0.5) is 16.2 Å². The first kappa shape index (κ1) is 26.5. The van der Waals surface area contributed by atoms with E-state index < -0.39 is 29.9 Å². The minimum atomic E-state index is -1.07. The summed E-state index contributed by atoms with van der Waals surface area (Å²) in [7, 11) is 1.54. The molecule has 0 saturated carbocycles. The molecule has 40 heavy (non-hydrogen) atoms. The van der Waals surface area contributed by atoms with E-state index in [2.05, 4.69) is 5.32 Å². The van der Waals surface area contributed by atoms with Crippen LogP contribution in [0.2, 0.25) is 0 Å². The normalized spacial score (nSPS) is 15.7. The minimum Gasteiger partial charge on any atom is -0.497 e. The molecule has 0 spiro atoms. The van der Waals surface area contributed by atoms with E-state index in [1.165, 1.54) is 29.2 Å². The number of carbonyl (C=O) groups excluding carboxylic acids is 4. The molecule has 1 atom stereocenters. The maximum Gasteiger partial charge on any atom is 0.338 e. The van der Waals surface area contributed by atoms with Gasteiger partial charge in [-0.15, -0.1) is 0 Å². The summed E-state index contributed by atoms with van der Waals surface area (Å²) in [5.74, 6) is 0.214. The van der Waals surface area contributed by atoms with Crippen LogP contribution < -0.4 is 24.4 Å². The molecule has 3 aromatic carbocycles. The van der Waals surface area contributed by atoms with E-state index in [-0.39, 0.29) is 26.4 Å². The summed E-state index contributed by atoms with van der Waals surface area (Å²) in [6.07, 6.45) is -0.209. The zero-order valence-corrected chi connectivity index (χ0v) is 21.9. The van der Waals surface area contributed by atoms with Crippen LogP contribution in [0.5, 0.6) is 17.2 Å². The summed E-state index contributed by atoms with van der Waals surface area (Å²) < 4.78 is 21.0. The summed E-state index contributed by atoms with van der Waals surface area (Å²) in [6.45, 7) is 2.05. The molecule has 1 N–H and O–H groups in total. The Balaban J connectivity index is 1.41. The molecule has 11 heteroatoms. The molecule has 0 aliphatic carbocycles. The first-order chi connectivity index (χ1) is 19.4. The highest BCUT2D eigenvalue weighted by Crippen LogP contribution is 2.34. The smallest absolute Gasteiger partial charge is 0.338 e. The van der Waals surface area contributed by atoms with E-state index in [0.717, 1.165) is 4.90 Å². The average molecular weight is 546 g/mol. The van der Waals surface area contributed by atoms with Gasteiger partial charge in [-0.25, -0.2) is 14.5 Å². The van der Waals surface area contributed by atoms with Crippen LogP contribution in [0.25, 0.3) is 0 Å². The van der Waals surface area contributed by atoms with Gasteiger partial charge < -0.3 is 29.2 Å². The number of fused-ring (bicyclic) bond motifs is 1. The Morgan fingerprint density at radius 1 is 1.00 bits per heavy atom. The van der Waals surface area contributed by atoms with Gasteiger partial charge in [-0.3, -0.25) is 9.59 Å². The van der Waals surface area contributed by atoms with Crippen molar-refractivity contribution in [3.8, 4) is 17.2 Å². The molecule has 1 fully saturated rings. The number of urea groups is 1. The molecular weight excluding hydrogens is 518 g/mol. The number of nitrogens with zero attached hydrogens (tertiary/aromatic N) is 2. The van der Waals surface area contributed by atoms with E-state index in [1.807, 2.05) is 0 Å². The molecule has 0 radical (unpaired) electrons. The summed E-state index contributed by atoms with van der Waals surface area (Å²) >= 11 is 0. The Morgan fingerprint density at radius 3 is 2.42 bits per heavy atom. The van der Waals surface area contributed by atoms with Gasteiger partial charge in [0.2, 0.25) is 12.7 Å². The van der Waals surface area contributed by atoms with Crippen LogP contribution in [-0.2, 0) is 20.9 Å². The SMILES string of the molecule is CCOC(=O)c1ccc(N2C(=O)C[C@@H](N(Cc3ccc4c(c3)OCO4)C(=O)Nc3ccc(OC)cc3)C2=O)cc1. The highest BCUT2D eigenvalue weighted by atomic mass is 16.7. The second-order valence-corrected chi connectivity index (χ2v) is 9.03. The van der Waals surface area contributed by atoms with Crippen LogP contribution in [0.15, 0.2) is 66.7 Å². The number of imide groups is 1. The number of carbonyl (C=O) groups is 4. The lowest BCUT2D eigenvalue weighted by atomic mass is 10.1. The third-order valence-corrected chi connectivity index (χ3v) is 6.53. The summed E-state index contributed by atoms with van der Waals surface area (Å²) in [5.41, 5.74) is 1.77. The quantitative estimate of drug-likeness (QED) is 0.333. The number of methoxy groups -OCH3 is 1. The molecular formula is C29H27N3O8. The van der Waals surface area contributed by atoms with Crippen molar-refractivity contribution in [3.63, 3.8) is 0 Å². The lowest BCUT2D eigenvalue weighted by Crippen LogP contribution is -2.46. The highest BCUT2D eigenvalue weighted by molar-refractivity contribution is 6.23. The molecule has 0 aromatic heterocycles. The number of anilines is 2. The van der Waals surface area contributed by atoms with Crippen molar-refractivity contribution in [1.82, 2.24) is 4.90 Å². The fourth-order valence-corrected chi connectivity index (χ4v) is 4.52. The number of benzene rings is 3. The van der Waals surface area contributed by atoms with Gasteiger partial charge >= 0.3 is 12.0 Å². The van der Waals surface area contributed by atoms with Crippen molar-refractivity contribution in [1.29, 1.82) is 0 Å². The molecule has 1 saturated heterocycles. The van der Waals surface area contributed by atoms with E-state index in [1.54, 1.807) is 56.5 Å². The van der Waals surface area contributed by atoms with Gasteiger partial charge in [0.25, 0.3) is 5.91 Å². The Kier molecular flexibility index (Phi) is 7.54. The van der Waals surface area contributed by atoms with Crippen LogP contribution in [0.3, 0.4) is 0 Å². The van der Waals surface area contributed by atoms with E-state index in [9.17, 15) is 19.2 Å². The third kappa shape index (κ3) is 5.39. The van der Waals surface area contributed by atoms with Gasteiger partial charge in [0.15, 0.2) is 11.5 Å². The van der Waals surface area contributed by atoms with Gasteiger partial charge in [-0.2, -0.15) is 0 Å². The lowest BCUT2D eigenvalue weighted by Gasteiger charge is -2.28. The molecule has 3 aromatic rings. The molecule has 0 unspecified atom stereocenters. The maximum atomic E-state index is 13.6. The zero-order valence-electron chi connectivity index (χ0n) is 21.9. The van der Waals surface area contributed by atoms with E-state index >= 15 is 0 Å². The molecule has 2 heterocycles. The monoisotopic (exact) mass is 545 g/mol. The van der Waals surface area contributed by atoms with Crippen LogP contribution in [0.1, 0.15) is 29.3 Å². The molecule has 0 bridgehead atoms.